The Morgan fingerprint density at radius 2 is 1.87 bits per heavy atom. The summed E-state index contributed by atoms with van der Waals surface area (Å²) in [6.45, 7) is 0.405. The highest BCUT2D eigenvalue weighted by Gasteiger charge is 2.43. The van der Waals surface area contributed by atoms with Gasteiger partial charge in [-0.05, 0) is 36.6 Å². The van der Waals surface area contributed by atoms with E-state index >= 15 is 0 Å². The molecular weight excluding hydrogens is 511 g/mol. The Bertz CT molecular complexity index is 1500. The second kappa shape index (κ2) is 9.76. The number of aromatic nitrogens is 5. The van der Waals surface area contributed by atoms with E-state index in [0.717, 1.165) is 12.1 Å². The van der Waals surface area contributed by atoms with Crippen LogP contribution in [0.25, 0.3) is 22.4 Å². The van der Waals surface area contributed by atoms with Crippen molar-refractivity contribution in [2.24, 2.45) is 5.73 Å². The van der Waals surface area contributed by atoms with Gasteiger partial charge in [-0.15, -0.1) is 0 Å². The molecule has 200 valence electrons. The highest BCUT2D eigenvalue weighted by atomic mass is 19.3. The molecule has 0 saturated carbocycles. The maximum Gasteiger partial charge on any atom is 0.265 e. The van der Waals surface area contributed by atoms with Crippen molar-refractivity contribution >= 4 is 22.7 Å². The molecule has 0 spiro atoms. The Kier molecular flexibility index (Phi) is 6.61. The van der Waals surface area contributed by atoms with Gasteiger partial charge in [-0.3, -0.25) is 4.98 Å². The third kappa shape index (κ3) is 4.49. The highest BCUT2D eigenvalue weighted by Crippen LogP contribution is 2.34. The summed E-state index contributed by atoms with van der Waals surface area (Å²) in [5.41, 5.74) is 12.0. The lowest BCUT2D eigenvalue weighted by molar-refractivity contribution is -0.0529. The number of nitrogens with two attached hydrogens (primary N) is 2. The average molecular weight is 534 g/mol. The molecule has 9 nitrogen and oxygen atoms in total. The van der Waals surface area contributed by atoms with Gasteiger partial charge in [0, 0.05) is 18.7 Å². The number of hydrogen-bond donors (Lipinski definition) is 3. The summed E-state index contributed by atoms with van der Waals surface area (Å²) >= 11 is 0. The van der Waals surface area contributed by atoms with Gasteiger partial charge in [-0.1, -0.05) is 0 Å². The van der Waals surface area contributed by atoms with Gasteiger partial charge in [-0.2, -0.15) is 0 Å². The number of pyridine rings is 1. The van der Waals surface area contributed by atoms with Crippen LogP contribution in [0.5, 0.6) is 0 Å². The fourth-order valence-electron chi connectivity index (χ4n) is 4.78. The highest BCUT2D eigenvalue weighted by molar-refractivity contribution is 5.81. The van der Waals surface area contributed by atoms with Crippen LogP contribution in [0.4, 0.5) is 33.5 Å². The molecule has 5 rings (SSSR count). The molecule has 0 bridgehead atoms. The van der Waals surface area contributed by atoms with E-state index in [9.17, 15) is 27.1 Å². The third-order valence-electron chi connectivity index (χ3n) is 6.77. The number of nitrogens with zero attached hydrogens (tertiary/aromatic N) is 6. The van der Waals surface area contributed by atoms with Gasteiger partial charge in [-0.25, -0.2) is 36.9 Å². The predicted octanol–water partition coefficient (Wildman–Crippen LogP) is 2.86. The Morgan fingerprint density at radius 3 is 2.63 bits per heavy atom. The molecule has 0 aliphatic carbocycles. The van der Waals surface area contributed by atoms with E-state index in [0.29, 0.717) is 35.4 Å². The topological polar surface area (TPSA) is 132 Å². The number of imidazole rings is 1. The Labute approximate surface area is 213 Å². The number of aliphatic hydroxyl groups is 1. The number of piperidine rings is 1. The normalized spacial score (nSPS) is 18.9. The quantitative estimate of drug-likeness (QED) is 0.254. The first-order valence-electron chi connectivity index (χ1n) is 11.6. The van der Waals surface area contributed by atoms with Crippen LogP contribution in [-0.4, -0.2) is 60.8 Å². The van der Waals surface area contributed by atoms with Crippen molar-refractivity contribution in [3.8, 4) is 11.3 Å². The van der Waals surface area contributed by atoms with E-state index in [-0.39, 0.29) is 36.6 Å². The first-order valence-corrected chi connectivity index (χ1v) is 11.6. The van der Waals surface area contributed by atoms with Crippen LogP contribution in [0, 0.1) is 17.5 Å². The first-order chi connectivity index (χ1) is 18.1. The first kappa shape index (κ1) is 25.7. The minimum atomic E-state index is -3.03. The monoisotopic (exact) mass is 534 g/mol. The van der Waals surface area contributed by atoms with Gasteiger partial charge in [0.15, 0.2) is 28.9 Å². The van der Waals surface area contributed by atoms with Crippen molar-refractivity contribution in [3.05, 3.63) is 60.1 Å². The van der Waals surface area contributed by atoms with Gasteiger partial charge in [0.1, 0.15) is 17.9 Å². The average Bonchev–Trinajstić information content (AvgIpc) is 3.31. The maximum absolute atomic E-state index is 14.6. The summed E-state index contributed by atoms with van der Waals surface area (Å²) in [5, 5.41) is 10.1. The molecule has 1 aliphatic rings. The van der Waals surface area contributed by atoms with Crippen LogP contribution in [0.1, 0.15) is 18.4 Å². The van der Waals surface area contributed by atoms with Crippen molar-refractivity contribution in [1.29, 1.82) is 0 Å². The fraction of sp³-hybridized carbons (Fsp3) is 0.333. The summed E-state index contributed by atoms with van der Waals surface area (Å²) in [6, 6.07) is 3.36. The molecule has 38 heavy (non-hydrogen) atoms. The van der Waals surface area contributed by atoms with Crippen molar-refractivity contribution in [3.63, 3.8) is 0 Å². The number of halogens is 5. The molecule has 1 aliphatic heterocycles. The second-order valence-corrected chi connectivity index (χ2v) is 9.26. The molecule has 2 unspecified atom stereocenters. The van der Waals surface area contributed by atoms with Crippen LogP contribution < -0.4 is 16.4 Å². The van der Waals surface area contributed by atoms with Gasteiger partial charge >= 0.3 is 0 Å². The van der Waals surface area contributed by atoms with E-state index in [2.05, 4.69) is 19.9 Å². The van der Waals surface area contributed by atoms with Crippen molar-refractivity contribution in [1.82, 2.24) is 24.5 Å². The molecule has 5 N–H and O–H groups in total. The van der Waals surface area contributed by atoms with Crippen molar-refractivity contribution < 1.29 is 27.1 Å². The fourth-order valence-corrected chi connectivity index (χ4v) is 4.78. The van der Waals surface area contributed by atoms with Crippen LogP contribution in [0.2, 0.25) is 0 Å². The minimum Gasteiger partial charge on any atom is -0.385 e. The third-order valence-corrected chi connectivity index (χ3v) is 6.77. The zero-order chi connectivity index (χ0) is 27.2. The minimum absolute atomic E-state index is 0.0161. The number of rotatable bonds is 6. The number of alkyl halides is 2. The van der Waals surface area contributed by atoms with E-state index in [4.69, 9.17) is 11.5 Å². The molecule has 1 fully saturated rings. The second-order valence-electron chi connectivity index (χ2n) is 9.26. The molecule has 4 aromatic rings. The molecule has 1 aromatic carbocycles. The van der Waals surface area contributed by atoms with Crippen molar-refractivity contribution in [2.75, 3.05) is 23.7 Å². The largest absolute Gasteiger partial charge is 0.385 e. The molecule has 3 aromatic heterocycles. The number of benzene rings is 1. The SMILES string of the molecule is Nc1ncnc2c1ncn2Cc1cc(-c2ccc(F)c(F)c2F)ncc1N1CCCC(N)(C(O)C(F)F)C1. The molecule has 0 radical (unpaired) electrons. The van der Waals surface area contributed by atoms with E-state index in [1.807, 2.05) is 0 Å². The summed E-state index contributed by atoms with van der Waals surface area (Å²) in [5.74, 6) is -4.20. The van der Waals surface area contributed by atoms with Crippen LogP contribution in [0.3, 0.4) is 0 Å². The lowest BCUT2D eigenvalue weighted by Crippen LogP contribution is -2.63. The van der Waals surface area contributed by atoms with Gasteiger partial charge < -0.3 is 26.0 Å². The number of anilines is 2. The number of aliphatic hydroxyl groups excluding tert-OH is 1. The van der Waals surface area contributed by atoms with Gasteiger partial charge in [0.25, 0.3) is 6.43 Å². The zero-order valence-corrected chi connectivity index (χ0v) is 19.8. The summed E-state index contributed by atoms with van der Waals surface area (Å²) in [6.07, 6.45) is -0.358. The Hall–Kier alpha value is -3.91. The number of hydrogen-bond acceptors (Lipinski definition) is 8. The Balaban J connectivity index is 1.60. The van der Waals surface area contributed by atoms with E-state index < -0.39 is 35.5 Å². The molecule has 1 saturated heterocycles. The molecule has 14 heteroatoms. The van der Waals surface area contributed by atoms with Crippen LogP contribution in [-0.2, 0) is 6.54 Å². The van der Waals surface area contributed by atoms with E-state index in [1.54, 1.807) is 9.47 Å². The molecule has 4 heterocycles. The summed E-state index contributed by atoms with van der Waals surface area (Å²) < 4.78 is 70.5. The number of nitrogen functional groups attached to an aromatic ring is 1. The lowest BCUT2D eigenvalue weighted by atomic mass is 9.84. The molecule has 0 amide bonds. The van der Waals surface area contributed by atoms with Crippen molar-refractivity contribution in [2.45, 2.75) is 37.5 Å². The van der Waals surface area contributed by atoms with E-state index in [1.165, 1.54) is 24.9 Å². The standard InChI is InChI=1S/C24H23F5N8O/c25-14-3-2-13(17(26)18(14)27)15-6-12(8-37-11-35-19-22(30)33-10-34-23(19)37)16(7-32-15)36-5-1-4-24(31,9-36)20(38)21(28)29/h2-3,6-7,10-11,20-21,38H,1,4-5,8-9,31H2,(H2,30,33,34). The lowest BCUT2D eigenvalue weighted by Gasteiger charge is -2.44. The molecular formula is C24H23F5N8O. The summed E-state index contributed by atoms with van der Waals surface area (Å²) in [4.78, 5) is 18.3. The van der Waals surface area contributed by atoms with Gasteiger partial charge in [0.2, 0.25) is 0 Å². The molecule has 2 atom stereocenters. The van der Waals surface area contributed by atoms with Gasteiger partial charge in [0.05, 0.1) is 36.0 Å². The zero-order valence-electron chi connectivity index (χ0n) is 19.8. The van der Waals surface area contributed by atoms with Crippen LogP contribution in [0.15, 0.2) is 37.1 Å². The Morgan fingerprint density at radius 1 is 1.08 bits per heavy atom. The predicted molar refractivity (Wildman–Crippen MR) is 129 cm³/mol. The maximum atomic E-state index is 14.6. The summed E-state index contributed by atoms with van der Waals surface area (Å²) in [7, 11) is 0. The smallest absolute Gasteiger partial charge is 0.265 e. The van der Waals surface area contributed by atoms with Crippen LogP contribution >= 0.6 is 0 Å². The number of fused-ring (bicyclic) bond motifs is 1.